The number of esters is 3. The zero-order valence-corrected chi connectivity index (χ0v) is 52.6. The van der Waals surface area contributed by atoms with Crippen molar-refractivity contribution < 1.29 is 28.6 Å². The molecule has 6 heteroatoms. The summed E-state index contributed by atoms with van der Waals surface area (Å²) in [6.45, 7) is 6.55. The first-order valence-corrected chi connectivity index (χ1v) is 34.4. The molecule has 0 aromatic heterocycles. The molecule has 0 rings (SSSR count). The fraction of sp³-hybridized carbons (Fsp3) is 0.795. The van der Waals surface area contributed by atoms with Crippen molar-refractivity contribution in [3.63, 3.8) is 0 Å². The zero-order valence-electron chi connectivity index (χ0n) is 52.6. The summed E-state index contributed by atoms with van der Waals surface area (Å²) in [7, 11) is 0. The van der Waals surface area contributed by atoms with Crippen molar-refractivity contribution >= 4 is 17.9 Å². The molecule has 6 nitrogen and oxygen atoms in total. The molecule has 0 bridgehead atoms. The molecular weight excluding hydrogens is 973 g/mol. The third-order valence-corrected chi connectivity index (χ3v) is 15.2. The fourth-order valence-corrected chi connectivity index (χ4v) is 10.1. The van der Waals surface area contributed by atoms with Crippen LogP contribution in [0.2, 0.25) is 0 Å². The van der Waals surface area contributed by atoms with Gasteiger partial charge in [0.2, 0.25) is 0 Å². The molecule has 0 N–H and O–H groups in total. The van der Waals surface area contributed by atoms with Crippen LogP contribution in [0.25, 0.3) is 0 Å². The summed E-state index contributed by atoms with van der Waals surface area (Å²) in [5.41, 5.74) is 0. The third kappa shape index (κ3) is 65.5. The molecule has 0 aromatic carbocycles. The van der Waals surface area contributed by atoms with Gasteiger partial charge < -0.3 is 14.2 Å². The quantitative estimate of drug-likeness (QED) is 0.0261. The van der Waals surface area contributed by atoms with Gasteiger partial charge in [0.1, 0.15) is 13.2 Å². The number of ether oxygens (including phenoxy) is 3. The fourth-order valence-electron chi connectivity index (χ4n) is 10.1. The summed E-state index contributed by atoms with van der Waals surface area (Å²) >= 11 is 0. The molecule has 0 aromatic rings. The van der Waals surface area contributed by atoms with E-state index < -0.39 is 6.10 Å². The second-order valence-corrected chi connectivity index (χ2v) is 23.1. The first kappa shape index (κ1) is 75.8. The minimum Gasteiger partial charge on any atom is -0.462 e. The number of allylic oxidation sites excluding steroid dienone is 12. The second-order valence-electron chi connectivity index (χ2n) is 23.1. The summed E-state index contributed by atoms with van der Waals surface area (Å²) in [5.74, 6) is -0.851. The number of hydrogen-bond donors (Lipinski definition) is 0. The van der Waals surface area contributed by atoms with Crippen LogP contribution in [-0.4, -0.2) is 37.2 Å². The predicted molar refractivity (Wildman–Crippen MR) is 344 cm³/mol. The molecule has 0 aliphatic rings. The average Bonchev–Trinajstić information content (AvgIpc) is 3.45. The number of carbonyl (C=O) groups excluding carboxylic acids is 3. The molecule has 79 heavy (non-hydrogen) atoms. The Morgan fingerprint density at radius 3 is 0.772 bits per heavy atom. The van der Waals surface area contributed by atoms with Gasteiger partial charge in [-0.2, -0.15) is 0 Å². The van der Waals surface area contributed by atoms with Crippen LogP contribution < -0.4 is 0 Å². The van der Waals surface area contributed by atoms with Gasteiger partial charge in [0.15, 0.2) is 6.10 Å². The van der Waals surface area contributed by atoms with Crippen LogP contribution in [0.15, 0.2) is 72.9 Å². The van der Waals surface area contributed by atoms with Gasteiger partial charge in [-0.3, -0.25) is 14.4 Å². The molecule has 1 unspecified atom stereocenters. The van der Waals surface area contributed by atoms with E-state index in [0.29, 0.717) is 19.3 Å². The van der Waals surface area contributed by atoms with Crippen LogP contribution >= 0.6 is 0 Å². The lowest BCUT2D eigenvalue weighted by Gasteiger charge is -2.18. The zero-order chi connectivity index (χ0) is 57.1. The van der Waals surface area contributed by atoms with E-state index in [1.807, 2.05) is 0 Å². The molecule has 0 aliphatic carbocycles. The molecule has 0 saturated carbocycles. The van der Waals surface area contributed by atoms with Crippen molar-refractivity contribution in [3.05, 3.63) is 72.9 Å². The van der Waals surface area contributed by atoms with E-state index in [-0.39, 0.29) is 31.1 Å². The van der Waals surface area contributed by atoms with Crippen molar-refractivity contribution in [2.75, 3.05) is 13.2 Å². The Bertz CT molecular complexity index is 1450. The van der Waals surface area contributed by atoms with E-state index in [9.17, 15) is 14.4 Å². The first-order chi connectivity index (χ1) is 39.0. The highest BCUT2D eigenvalue weighted by molar-refractivity contribution is 5.71. The van der Waals surface area contributed by atoms with E-state index >= 15 is 0 Å². The highest BCUT2D eigenvalue weighted by Gasteiger charge is 2.19. The molecule has 0 aliphatic heterocycles. The Morgan fingerprint density at radius 1 is 0.266 bits per heavy atom. The molecule has 0 heterocycles. The molecule has 0 saturated heterocycles. The van der Waals surface area contributed by atoms with Gasteiger partial charge in [-0.1, -0.05) is 338 Å². The van der Waals surface area contributed by atoms with Crippen molar-refractivity contribution in [2.45, 2.75) is 361 Å². The van der Waals surface area contributed by atoms with Crippen LogP contribution in [0.4, 0.5) is 0 Å². The van der Waals surface area contributed by atoms with Gasteiger partial charge in [-0.15, -0.1) is 0 Å². The molecule has 0 spiro atoms. The number of hydrogen-bond acceptors (Lipinski definition) is 6. The molecule has 0 amide bonds. The normalized spacial score (nSPS) is 12.5. The predicted octanol–water partition coefficient (Wildman–Crippen LogP) is 23.7. The lowest BCUT2D eigenvalue weighted by atomic mass is 10.0. The minimum absolute atomic E-state index is 0.0681. The average molecular weight is 1100 g/mol. The summed E-state index contributed by atoms with van der Waals surface area (Å²) in [6.07, 6.45) is 88.1. The number of unbranched alkanes of at least 4 members (excludes halogenated alkanes) is 40. The first-order valence-electron chi connectivity index (χ1n) is 34.4. The molecule has 0 fully saturated rings. The molecule has 1 atom stereocenters. The van der Waals surface area contributed by atoms with E-state index in [2.05, 4.69) is 93.7 Å². The van der Waals surface area contributed by atoms with Crippen molar-refractivity contribution in [3.8, 4) is 0 Å². The topological polar surface area (TPSA) is 78.9 Å². The van der Waals surface area contributed by atoms with Crippen molar-refractivity contribution in [1.82, 2.24) is 0 Å². The smallest absolute Gasteiger partial charge is 0.306 e. The van der Waals surface area contributed by atoms with E-state index in [4.69, 9.17) is 14.2 Å². The van der Waals surface area contributed by atoms with E-state index in [0.717, 1.165) is 96.3 Å². The Kier molecular flexibility index (Phi) is 64.7. The van der Waals surface area contributed by atoms with E-state index in [1.165, 1.54) is 218 Å². The van der Waals surface area contributed by atoms with Gasteiger partial charge in [0.05, 0.1) is 0 Å². The van der Waals surface area contributed by atoms with Crippen molar-refractivity contribution in [2.24, 2.45) is 0 Å². The molecule has 458 valence electrons. The Morgan fingerprint density at radius 2 is 0.494 bits per heavy atom. The second kappa shape index (κ2) is 67.4. The third-order valence-electron chi connectivity index (χ3n) is 15.2. The maximum absolute atomic E-state index is 12.9. The Hall–Kier alpha value is -3.15. The Balaban J connectivity index is 4.02. The van der Waals surface area contributed by atoms with Crippen LogP contribution in [0.3, 0.4) is 0 Å². The van der Waals surface area contributed by atoms with E-state index in [1.54, 1.807) is 0 Å². The summed E-state index contributed by atoms with van der Waals surface area (Å²) in [5, 5.41) is 0. The lowest BCUT2D eigenvalue weighted by Crippen LogP contribution is -2.30. The maximum atomic E-state index is 12.9. The monoisotopic (exact) mass is 1100 g/mol. The van der Waals surface area contributed by atoms with Crippen molar-refractivity contribution in [1.29, 1.82) is 0 Å². The highest BCUT2D eigenvalue weighted by atomic mass is 16.6. The summed E-state index contributed by atoms with van der Waals surface area (Å²) < 4.78 is 16.9. The molecule has 0 radical (unpaired) electrons. The maximum Gasteiger partial charge on any atom is 0.306 e. The Labute approximate surface area is 491 Å². The summed E-state index contributed by atoms with van der Waals surface area (Å²) in [6, 6.07) is 0. The van der Waals surface area contributed by atoms with Crippen LogP contribution in [0.5, 0.6) is 0 Å². The van der Waals surface area contributed by atoms with Gasteiger partial charge in [-0.05, 0) is 70.6 Å². The van der Waals surface area contributed by atoms with Crippen LogP contribution in [0, 0.1) is 0 Å². The van der Waals surface area contributed by atoms with Crippen LogP contribution in [0.1, 0.15) is 355 Å². The van der Waals surface area contributed by atoms with Gasteiger partial charge in [0, 0.05) is 19.3 Å². The summed E-state index contributed by atoms with van der Waals surface area (Å²) in [4.78, 5) is 38.2. The van der Waals surface area contributed by atoms with Crippen LogP contribution in [-0.2, 0) is 28.6 Å². The van der Waals surface area contributed by atoms with Gasteiger partial charge in [0.25, 0.3) is 0 Å². The minimum atomic E-state index is -0.768. The van der Waals surface area contributed by atoms with Gasteiger partial charge >= 0.3 is 17.9 Å². The SMILES string of the molecule is CC/C=C\C/C=C\C/C=C\C/C=C\C/C=C\C/C=C\CCCCCCCCCCCCCCCCCCC(=O)OCC(COC(=O)CCCCCCCCCC)OC(=O)CCCCCCCCCCCCCCCCCCCC. The standard InChI is InChI=1S/C73H130O6/c1-4-7-10-13-16-19-21-23-25-27-29-30-31-32-33-34-35-36-37-38-39-40-41-42-43-44-45-47-48-50-52-54-57-60-63-66-72(75)78-69-70(68-77-71(74)65-62-59-56-18-15-12-9-6-3)79-73(76)67-64-61-58-55-53-51-49-46-28-26-24-22-20-17-14-11-8-5-2/h7,10,16,19,23,25,29-30,32-33,35-36,70H,4-6,8-9,11-15,17-18,20-22,24,26-28,31,34,37-69H2,1-3H3/b10-7-,19-16-,25-23-,30-29-,33-32-,36-35-. The largest absolute Gasteiger partial charge is 0.462 e. The lowest BCUT2D eigenvalue weighted by molar-refractivity contribution is -0.167. The highest BCUT2D eigenvalue weighted by Crippen LogP contribution is 2.18. The number of carbonyl (C=O) groups is 3. The van der Waals surface area contributed by atoms with Gasteiger partial charge in [-0.25, -0.2) is 0 Å². The number of rotatable bonds is 63. The molecular formula is C73H130O6.